The Morgan fingerprint density at radius 3 is 1.94 bits per heavy atom. The summed E-state index contributed by atoms with van der Waals surface area (Å²) in [5.74, 6) is -1.20. The van der Waals surface area contributed by atoms with Crippen LogP contribution >= 0.6 is 0 Å². The highest BCUT2D eigenvalue weighted by molar-refractivity contribution is 6.03. The summed E-state index contributed by atoms with van der Waals surface area (Å²) < 4.78 is 0. The summed E-state index contributed by atoms with van der Waals surface area (Å²) in [4.78, 5) is 35.9. The smallest absolute Gasteiger partial charge is 0.246 e. The zero-order valence-electron chi connectivity index (χ0n) is 10.7. The molecule has 17 heavy (non-hydrogen) atoms. The first-order valence-electron chi connectivity index (χ1n) is 5.46. The Labute approximate surface area is 101 Å². The second kappa shape index (κ2) is 4.10. The lowest BCUT2D eigenvalue weighted by Crippen LogP contribution is -2.61. The minimum atomic E-state index is -0.842. The maximum absolute atomic E-state index is 12.3. The summed E-state index contributed by atoms with van der Waals surface area (Å²) in [6.07, 6.45) is 0. The average molecular weight is 241 g/mol. The molecule has 1 aliphatic heterocycles. The summed E-state index contributed by atoms with van der Waals surface area (Å²) in [5, 5.41) is 2.15. The zero-order valence-corrected chi connectivity index (χ0v) is 10.7. The number of rotatable bonds is 2. The van der Waals surface area contributed by atoms with Crippen molar-refractivity contribution in [2.45, 2.75) is 33.2 Å². The molecular formula is C11H19N3O3. The molecule has 1 fully saturated rings. The summed E-state index contributed by atoms with van der Waals surface area (Å²) in [6.45, 7) is 6.74. The minimum Gasteiger partial charge on any atom is -0.325 e. The van der Waals surface area contributed by atoms with Gasteiger partial charge < -0.3 is 10.6 Å². The lowest BCUT2D eigenvalue weighted by Gasteiger charge is -2.41. The van der Waals surface area contributed by atoms with Crippen LogP contribution in [-0.4, -0.2) is 41.2 Å². The average Bonchev–Trinajstić information content (AvgIpc) is 2.13. The number of nitrogens with one attached hydrogen (secondary N) is 1. The third-order valence-electron chi connectivity index (χ3n) is 3.38. The van der Waals surface area contributed by atoms with Crippen LogP contribution in [0, 0.1) is 5.41 Å². The molecule has 1 heterocycles. The van der Waals surface area contributed by atoms with Crippen LogP contribution in [0.15, 0.2) is 0 Å². The molecule has 0 unspecified atom stereocenters. The summed E-state index contributed by atoms with van der Waals surface area (Å²) >= 11 is 0. The number of carbonyl (C=O) groups excluding carboxylic acids is 3. The number of piperazine rings is 1. The SMILES string of the molecule is CC(C)(N)C(C)(C)C(=O)N1CC(=O)NC(=O)C1. The highest BCUT2D eigenvalue weighted by atomic mass is 16.2. The summed E-state index contributed by atoms with van der Waals surface area (Å²) in [5.41, 5.74) is 4.38. The quantitative estimate of drug-likeness (QED) is 0.621. The van der Waals surface area contributed by atoms with Crippen LogP contribution in [0.5, 0.6) is 0 Å². The molecule has 0 aromatic carbocycles. The van der Waals surface area contributed by atoms with E-state index in [0.717, 1.165) is 0 Å². The number of carbonyl (C=O) groups is 3. The maximum Gasteiger partial charge on any atom is 0.246 e. The molecule has 1 aliphatic rings. The van der Waals surface area contributed by atoms with Gasteiger partial charge in [-0.3, -0.25) is 19.7 Å². The molecule has 0 aromatic heterocycles. The van der Waals surface area contributed by atoms with Crippen LogP contribution in [0.1, 0.15) is 27.7 Å². The Morgan fingerprint density at radius 2 is 1.59 bits per heavy atom. The van der Waals surface area contributed by atoms with Gasteiger partial charge in [0.15, 0.2) is 0 Å². The van der Waals surface area contributed by atoms with Crippen molar-refractivity contribution in [1.82, 2.24) is 10.2 Å². The molecule has 0 saturated carbocycles. The third-order valence-corrected chi connectivity index (χ3v) is 3.38. The highest BCUT2D eigenvalue weighted by Gasteiger charge is 2.44. The van der Waals surface area contributed by atoms with E-state index in [2.05, 4.69) is 5.32 Å². The van der Waals surface area contributed by atoms with Crippen LogP contribution in [0.2, 0.25) is 0 Å². The second-order valence-corrected chi connectivity index (χ2v) is 5.48. The molecule has 0 aromatic rings. The van der Waals surface area contributed by atoms with Crippen molar-refractivity contribution in [2.24, 2.45) is 11.1 Å². The van der Waals surface area contributed by atoms with Gasteiger partial charge in [0, 0.05) is 5.54 Å². The van der Waals surface area contributed by atoms with E-state index in [-0.39, 0.29) is 19.0 Å². The Hall–Kier alpha value is -1.43. The predicted octanol–water partition coefficient (Wildman–Crippen LogP) is -0.765. The monoisotopic (exact) mass is 241 g/mol. The Balaban J connectivity index is 2.90. The van der Waals surface area contributed by atoms with Gasteiger partial charge in [0.25, 0.3) is 0 Å². The van der Waals surface area contributed by atoms with Crippen molar-refractivity contribution >= 4 is 17.7 Å². The van der Waals surface area contributed by atoms with E-state index in [9.17, 15) is 14.4 Å². The lowest BCUT2D eigenvalue weighted by atomic mass is 9.74. The van der Waals surface area contributed by atoms with Crippen LogP contribution in [0.25, 0.3) is 0 Å². The van der Waals surface area contributed by atoms with E-state index in [4.69, 9.17) is 5.73 Å². The third kappa shape index (κ3) is 2.63. The van der Waals surface area contributed by atoms with Crippen LogP contribution in [0.4, 0.5) is 0 Å². The Morgan fingerprint density at radius 1 is 1.18 bits per heavy atom. The molecule has 0 atom stereocenters. The molecule has 3 N–H and O–H groups in total. The van der Waals surface area contributed by atoms with Crippen molar-refractivity contribution < 1.29 is 14.4 Å². The Kier molecular flexibility index (Phi) is 3.29. The van der Waals surface area contributed by atoms with E-state index in [1.165, 1.54) is 4.90 Å². The molecule has 0 aliphatic carbocycles. The number of imide groups is 1. The fourth-order valence-corrected chi connectivity index (χ4v) is 1.45. The molecule has 1 saturated heterocycles. The first-order chi connectivity index (χ1) is 7.55. The fraction of sp³-hybridized carbons (Fsp3) is 0.727. The summed E-state index contributed by atoms with van der Waals surface area (Å²) in [6, 6.07) is 0. The molecule has 0 bridgehead atoms. The van der Waals surface area contributed by atoms with Gasteiger partial charge in [0.1, 0.15) is 13.1 Å². The number of nitrogens with zero attached hydrogens (tertiary/aromatic N) is 1. The van der Waals surface area contributed by atoms with Gasteiger partial charge in [-0.1, -0.05) is 0 Å². The Bertz CT molecular complexity index is 353. The van der Waals surface area contributed by atoms with Crippen molar-refractivity contribution in [2.75, 3.05) is 13.1 Å². The van der Waals surface area contributed by atoms with Gasteiger partial charge in [-0.05, 0) is 27.7 Å². The first kappa shape index (κ1) is 13.6. The van der Waals surface area contributed by atoms with Crippen molar-refractivity contribution in [3.63, 3.8) is 0 Å². The first-order valence-corrected chi connectivity index (χ1v) is 5.46. The normalized spacial score (nSPS) is 18.1. The molecule has 0 spiro atoms. The summed E-state index contributed by atoms with van der Waals surface area (Å²) in [7, 11) is 0. The topological polar surface area (TPSA) is 92.5 Å². The van der Waals surface area contributed by atoms with Crippen molar-refractivity contribution in [3.8, 4) is 0 Å². The van der Waals surface area contributed by atoms with E-state index in [0.29, 0.717) is 0 Å². The zero-order chi connectivity index (χ0) is 13.4. The van der Waals surface area contributed by atoms with Crippen LogP contribution < -0.4 is 11.1 Å². The van der Waals surface area contributed by atoms with Gasteiger partial charge in [-0.25, -0.2) is 0 Å². The molecule has 6 nitrogen and oxygen atoms in total. The van der Waals surface area contributed by atoms with E-state index >= 15 is 0 Å². The van der Waals surface area contributed by atoms with E-state index in [1.54, 1.807) is 27.7 Å². The van der Waals surface area contributed by atoms with Crippen molar-refractivity contribution in [1.29, 1.82) is 0 Å². The molecule has 3 amide bonds. The van der Waals surface area contributed by atoms with E-state index in [1.807, 2.05) is 0 Å². The van der Waals surface area contributed by atoms with Crippen LogP contribution in [0.3, 0.4) is 0 Å². The minimum absolute atomic E-state index is 0.0932. The van der Waals surface area contributed by atoms with Gasteiger partial charge in [-0.2, -0.15) is 0 Å². The molecule has 1 rings (SSSR count). The van der Waals surface area contributed by atoms with Crippen molar-refractivity contribution in [3.05, 3.63) is 0 Å². The molecule has 0 radical (unpaired) electrons. The number of hydrogen-bond acceptors (Lipinski definition) is 4. The molecule has 6 heteroatoms. The molecule has 96 valence electrons. The largest absolute Gasteiger partial charge is 0.325 e. The number of nitrogens with two attached hydrogens (primary N) is 1. The van der Waals surface area contributed by atoms with Gasteiger partial charge >= 0.3 is 0 Å². The highest BCUT2D eigenvalue weighted by Crippen LogP contribution is 2.30. The lowest BCUT2D eigenvalue weighted by molar-refractivity contribution is -0.152. The van der Waals surface area contributed by atoms with E-state index < -0.39 is 22.8 Å². The van der Waals surface area contributed by atoms with Gasteiger partial charge in [-0.15, -0.1) is 0 Å². The number of hydrogen-bond donors (Lipinski definition) is 2. The van der Waals surface area contributed by atoms with Gasteiger partial charge in [0.2, 0.25) is 17.7 Å². The number of amides is 3. The molecular weight excluding hydrogens is 222 g/mol. The predicted molar refractivity (Wildman–Crippen MR) is 61.8 cm³/mol. The van der Waals surface area contributed by atoms with Crippen LogP contribution in [-0.2, 0) is 14.4 Å². The second-order valence-electron chi connectivity index (χ2n) is 5.48. The fourth-order valence-electron chi connectivity index (χ4n) is 1.45. The maximum atomic E-state index is 12.3. The standard InChI is InChI=1S/C11H19N3O3/c1-10(2,11(3,4)12)9(17)14-5-7(15)13-8(16)6-14/h5-6,12H2,1-4H3,(H,13,15,16). The van der Waals surface area contributed by atoms with Gasteiger partial charge in [0.05, 0.1) is 5.41 Å².